The standard InChI is InChI=1S/C19H24N6/c1-14-5-4-6-20-17(14)13-23-7-9-24(10-8-23)19-12-15(2)21-18-11-16(3)22-25(18)19/h4-6,11-12H,7-10,13H2,1-3H3. The minimum atomic E-state index is 0.923. The highest BCUT2D eigenvalue weighted by Gasteiger charge is 2.21. The summed E-state index contributed by atoms with van der Waals surface area (Å²) in [5.74, 6) is 1.14. The van der Waals surface area contributed by atoms with Crippen LogP contribution in [0.25, 0.3) is 5.65 Å². The molecule has 3 aromatic rings. The average molecular weight is 336 g/mol. The second-order valence-electron chi connectivity index (χ2n) is 6.84. The van der Waals surface area contributed by atoms with Crippen molar-refractivity contribution in [2.45, 2.75) is 27.3 Å². The minimum absolute atomic E-state index is 0.923. The molecular weight excluding hydrogens is 312 g/mol. The Morgan fingerprint density at radius 3 is 2.56 bits per heavy atom. The van der Waals surface area contributed by atoms with Gasteiger partial charge in [0, 0.05) is 56.7 Å². The zero-order valence-electron chi connectivity index (χ0n) is 15.1. The van der Waals surface area contributed by atoms with Crippen LogP contribution in [0, 0.1) is 20.8 Å². The SMILES string of the molecule is Cc1cc(N2CCN(Cc3ncccc3C)CC2)n2nc(C)cc2n1. The minimum Gasteiger partial charge on any atom is -0.354 e. The molecule has 0 saturated carbocycles. The number of rotatable bonds is 3. The van der Waals surface area contributed by atoms with Crippen LogP contribution in [0.15, 0.2) is 30.5 Å². The van der Waals surface area contributed by atoms with Gasteiger partial charge >= 0.3 is 0 Å². The van der Waals surface area contributed by atoms with Crippen molar-refractivity contribution in [3.63, 3.8) is 0 Å². The molecule has 0 atom stereocenters. The summed E-state index contributed by atoms with van der Waals surface area (Å²) in [5.41, 5.74) is 5.42. The second kappa shape index (κ2) is 6.44. The lowest BCUT2D eigenvalue weighted by Crippen LogP contribution is -2.46. The van der Waals surface area contributed by atoms with E-state index in [2.05, 4.69) is 43.9 Å². The van der Waals surface area contributed by atoms with Crippen molar-refractivity contribution in [1.82, 2.24) is 24.5 Å². The third kappa shape index (κ3) is 3.22. The van der Waals surface area contributed by atoms with Gasteiger partial charge in [0.2, 0.25) is 0 Å². The van der Waals surface area contributed by atoms with Crippen LogP contribution < -0.4 is 4.90 Å². The summed E-state index contributed by atoms with van der Waals surface area (Å²) >= 11 is 0. The molecule has 6 heteroatoms. The second-order valence-corrected chi connectivity index (χ2v) is 6.84. The quantitative estimate of drug-likeness (QED) is 0.735. The molecule has 0 bridgehead atoms. The molecule has 0 aromatic carbocycles. The Kier molecular flexibility index (Phi) is 4.13. The number of hydrogen-bond acceptors (Lipinski definition) is 5. The van der Waals surface area contributed by atoms with Gasteiger partial charge < -0.3 is 4.90 Å². The molecule has 0 N–H and O–H groups in total. The van der Waals surface area contributed by atoms with Crippen molar-refractivity contribution in [2.75, 3.05) is 31.1 Å². The van der Waals surface area contributed by atoms with E-state index in [1.54, 1.807) is 0 Å². The predicted molar refractivity (Wildman–Crippen MR) is 98.9 cm³/mol. The van der Waals surface area contributed by atoms with Gasteiger partial charge in [-0.05, 0) is 32.4 Å². The Morgan fingerprint density at radius 1 is 1.00 bits per heavy atom. The monoisotopic (exact) mass is 336 g/mol. The molecule has 25 heavy (non-hydrogen) atoms. The van der Waals surface area contributed by atoms with Crippen molar-refractivity contribution < 1.29 is 0 Å². The van der Waals surface area contributed by atoms with Gasteiger partial charge in [-0.1, -0.05) is 6.07 Å². The van der Waals surface area contributed by atoms with Gasteiger partial charge in [-0.2, -0.15) is 9.61 Å². The number of piperazine rings is 1. The van der Waals surface area contributed by atoms with Gasteiger partial charge in [0.05, 0.1) is 11.4 Å². The zero-order valence-corrected chi connectivity index (χ0v) is 15.1. The first-order chi connectivity index (χ1) is 12.1. The van der Waals surface area contributed by atoms with Crippen LogP contribution in [-0.2, 0) is 6.54 Å². The van der Waals surface area contributed by atoms with Crippen LogP contribution in [0.2, 0.25) is 0 Å². The summed E-state index contributed by atoms with van der Waals surface area (Å²) in [6.07, 6.45) is 1.88. The van der Waals surface area contributed by atoms with Crippen molar-refractivity contribution in [3.05, 3.63) is 53.1 Å². The number of aryl methyl sites for hydroxylation is 3. The molecule has 1 aliphatic rings. The van der Waals surface area contributed by atoms with E-state index >= 15 is 0 Å². The number of anilines is 1. The highest BCUT2D eigenvalue weighted by atomic mass is 15.4. The lowest BCUT2D eigenvalue weighted by atomic mass is 10.2. The summed E-state index contributed by atoms with van der Waals surface area (Å²) in [5, 5.41) is 4.62. The van der Waals surface area contributed by atoms with E-state index in [9.17, 15) is 0 Å². The molecule has 3 aromatic heterocycles. The van der Waals surface area contributed by atoms with Crippen molar-refractivity contribution in [2.24, 2.45) is 0 Å². The third-order valence-electron chi connectivity index (χ3n) is 4.85. The van der Waals surface area contributed by atoms with E-state index in [4.69, 9.17) is 0 Å². The number of pyridine rings is 1. The lowest BCUT2D eigenvalue weighted by Gasteiger charge is -2.36. The van der Waals surface area contributed by atoms with E-state index in [-0.39, 0.29) is 0 Å². The Labute approximate surface area is 148 Å². The van der Waals surface area contributed by atoms with Crippen LogP contribution in [0.4, 0.5) is 5.82 Å². The Morgan fingerprint density at radius 2 is 1.80 bits per heavy atom. The van der Waals surface area contributed by atoms with Crippen LogP contribution in [0.1, 0.15) is 22.6 Å². The van der Waals surface area contributed by atoms with Gasteiger partial charge in [0.1, 0.15) is 5.82 Å². The fraction of sp³-hybridized carbons (Fsp3) is 0.421. The molecular formula is C19H24N6. The Bertz CT molecular complexity index is 892. The molecule has 0 unspecified atom stereocenters. The molecule has 0 aliphatic carbocycles. The van der Waals surface area contributed by atoms with E-state index in [1.165, 1.54) is 11.3 Å². The fourth-order valence-corrected chi connectivity index (χ4v) is 3.45. The molecule has 0 spiro atoms. The van der Waals surface area contributed by atoms with Crippen molar-refractivity contribution in [1.29, 1.82) is 0 Å². The maximum absolute atomic E-state index is 4.62. The maximum Gasteiger partial charge on any atom is 0.157 e. The lowest BCUT2D eigenvalue weighted by molar-refractivity contribution is 0.245. The fourth-order valence-electron chi connectivity index (χ4n) is 3.45. The van der Waals surface area contributed by atoms with E-state index in [0.717, 1.165) is 55.6 Å². The van der Waals surface area contributed by atoms with Crippen LogP contribution in [0.5, 0.6) is 0 Å². The summed E-state index contributed by atoms with van der Waals surface area (Å²) in [6, 6.07) is 8.31. The number of hydrogen-bond donors (Lipinski definition) is 0. The van der Waals surface area contributed by atoms with Crippen LogP contribution >= 0.6 is 0 Å². The Hall–Kier alpha value is -2.47. The summed E-state index contributed by atoms with van der Waals surface area (Å²) in [7, 11) is 0. The highest BCUT2D eigenvalue weighted by molar-refractivity contribution is 5.52. The molecule has 130 valence electrons. The van der Waals surface area contributed by atoms with E-state index in [1.807, 2.05) is 36.7 Å². The summed E-state index contributed by atoms with van der Waals surface area (Å²) in [4.78, 5) is 14.0. The maximum atomic E-state index is 4.62. The summed E-state index contributed by atoms with van der Waals surface area (Å²) < 4.78 is 1.97. The molecule has 0 radical (unpaired) electrons. The average Bonchev–Trinajstić information content (AvgIpc) is 2.97. The smallest absolute Gasteiger partial charge is 0.157 e. The van der Waals surface area contributed by atoms with Gasteiger partial charge in [-0.25, -0.2) is 4.98 Å². The van der Waals surface area contributed by atoms with Crippen molar-refractivity contribution in [3.8, 4) is 0 Å². The van der Waals surface area contributed by atoms with Gasteiger partial charge in [0.15, 0.2) is 5.65 Å². The first-order valence-corrected chi connectivity index (χ1v) is 8.82. The van der Waals surface area contributed by atoms with Crippen LogP contribution in [-0.4, -0.2) is 50.7 Å². The first-order valence-electron chi connectivity index (χ1n) is 8.82. The highest BCUT2D eigenvalue weighted by Crippen LogP contribution is 2.20. The Balaban J connectivity index is 1.50. The van der Waals surface area contributed by atoms with E-state index < -0.39 is 0 Å². The molecule has 1 aliphatic heterocycles. The van der Waals surface area contributed by atoms with Gasteiger partial charge in [-0.15, -0.1) is 0 Å². The molecule has 1 saturated heterocycles. The predicted octanol–water partition coefficient (Wildman–Crippen LogP) is 2.37. The van der Waals surface area contributed by atoms with Gasteiger partial charge in [0.25, 0.3) is 0 Å². The topological polar surface area (TPSA) is 49.6 Å². The molecule has 0 amide bonds. The number of aromatic nitrogens is 4. The molecule has 6 nitrogen and oxygen atoms in total. The first kappa shape index (κ1) is 16.0. The molecule has 4 rings (SSSR count). The number of nitrogens with zero attached hydrogens (tertiary/aromatic N) is 6. The largest absolute Gasteiger partial charge is 0.354 e. The molecule has 4 heterocycles. The normalized spacial score (nSPS) is 15.9. The third-order valence-corrected chi connectivity index (χ3v) is 4.85. The summed E-state index contributed by atoms with van der Waals surface area (Å²) in [6.45, 7) is 11.2. The van der Waals surface area contributed by atoms with E-state index in [0.29, 0.717) is 0 Å². The van der Waals surface area contributed by atoms with Crippen molar-refractivity contribution >= 4 is 11.5 Å². The van der Waals surface area contributed by atoms with Crippen LogP contribution in [0.3, 0.4) is 0 Å². The molecule has 1 fully saturated rings. The number of fused-ring (bicyclic) bond motifs is 1. The zero-order chi connectivity index (χ0) is 17.4. The van der Waals surface area contributed by atoms with Gasteiger partial charge in [-0.3, -0.25) is 9.88 Å².